The summed E-state index contributed by atoms with van der Waals surface area (Å²) in [5.41, 5.74) is 3.88. The zero-order valence-electron chi connectivity index (χ0n) is 34.6. The lowest BCUT2D eigenvalue weighted by Crippen LogP contribution is -2.49. The molecule has 322 valence electrons. The molecule has 0 bridgehead atoms. The van der Waals surface area contributed by atoms with Crippen molar-refractivity contribution in [3.8, 4) is 12.3 Å². The number of fused-ring (bicyclic) bond motifs is 1. The Bertz CT molecular complexity index is 1740. The number of terminal acetylenes is 1. The van der Waals surface area contributed by atoms with Gasteiger partial charge in [-0.3, -0.25) is 24.3 Å². The van der Waals surface area contributed by atoms with Crippen LogP contribution >= 0.6 is 0 Å². The predicted molar refractivity (Wildman–Crippen MR) is 212 cm³/mol. The quantitative estimate of drug-likeness (QED) is 0.0754. The van der Waals surface area contributed by atoms with Crippen molar-refractivity contribution in [3.63, 3.8) is 0 Å². The van der Waals surface area contributed by atoms with Gasteiger partial charge in [-0.15, -0.1) is 6.42 Å². The topological polar surface area (TPSA) is 249 Å². The number of amides is 3. The number of hydrogen-bond acceptors (Lipinski definition) is 15. The average molecular weight is 817 g/mol. The minimum Gasteiger partial charge on any atom is -0.458 e. The van der Waals surface area contributed by atoms with E-state index in [9.17, 15) is 24.0 Å². The van der Waals surface area contributed by atoms with Gasteiger partial charge in [0, 0.05) is 24.9 Å². The van der Waals surface area contributed by atoms with Crippen LogP contribution in [0.4, 0.5) is 10.7 Å². The molecular weight excluding hydrogens is 756 g/mol. The molecule has 0 unspecified atom stereocenters. The highest BCUT2D eigenvalue weighted by molar-refractivity contribution is 5.86. The standard InChI is InChI=1S/C39H60N8O11/c1-8-16-53-18-20-55-22-23-56-21-19-54-17-15-41-30(48)14-13-29(35(51)57-38(2,3)4)44-33(49)26-9-11-28(12-10-26)47(37(52)58-39(5,6)7)25-27-24-42-32-31(43-27)34(50)46-36(40)45-32/h1,24,26,28-29H,9-23,25H2,2-7H3,(H,41,48)(H,44,49)(H3,40,42,45,46,50)/t26?,28?,29-/m0/s1. The van der Waals surface area contributed by atoms with Crippen LogP contribution < -0.4 is 21.9 Å². The first-order valence-electron chi connectivity index (χ1n) is 19.5. The molecule has 1 aliphatic carbocycles. The highest BCUT2D eigenvalue weighted by Gasteiger charge is 2.36. The maximum atomic E-state index is 13.6. The van der Waals surface area contributed by atoms with Gasteiger partial charge in [-0.2, -0.15) is 4.98 Å². The van der Waals surface area contributed by atoms with Gasteiger partial charge in [0.2, 0.25) is 17.8 Å². The number of nitrogens with two attached hydrogens (primary N) is 1. The molecule has 19 heteroatoms. The van der Waals surface area contributed by atoms with Crippen LogP contribution in [0.3, 0.4) is 0 Å². The number of carbonyl (C=O) groups is 4. The second-order valence-corrected chi connectivity index (χ2v) is 15.7. The van der Waals surface area contributed by atoms with Crippen LogP contribution in [-0.2, 0) is 49.3 Å². The number of anilines is 1. The number of nitrogens with one attached hydrogen (secondary N) is 3. The molecular formula is C39H60N8O11. The summed E-state index contributed by atoms with van der Waals surface area (Å²) in [4.78, 5) is 81.9. The van der Waals surface area contributed by atoms with Crippen molar-refractivity contribution in [2.75, 3.05) is 65.1 Å². The van der Waals surface area contributed by atoms with Crippen LogP contribution in [0.15, 0.2) is 11.0 Å². The molecule has 0 aliphatic heterocycles. The minimum absolute atomic E-state index is 0.00542. The van der Waals surface area contributed by atoms with Gasteiger partial charge in [0.15, 0.2) is 11.2 Å². The van der Waals surface area contributed by atoms with Crippen LogP contribution in [0.5, 0.6) is 0 Å². The Morgan fingerprint density at radius 2 is 1.52 bits per heavy atom. The highest BCUT2D eigenvalue weighted by atomic mass is 16.6. The number of nitrogens with zero attached hydrogens (tertiary/aromatic N) is 4. The Labute approximate surface area is 339 Å². The second-order valence-electron chi connectivity index (χ2n) is 15.7. The molecule has 5 N–H and O–H groups in total. The molecule has 1 aliphatic rings. The van der Waals surface area contributed by atoms with Crippen molar-refractivity contribution in [2.24, 2.45) is 5.92 Å². The van der Waals surface area contributed by atoms with Crippen LogP contribution in [0.2, 0.25) is 0 Å². The maximum absolute atomic E-state index is 13.6. The van der Waals surface area contributed by atoms with E-state index in [4.69, 9.17) is 40.6 Å². The van der Waals surface area contributed by atoms with Gasteiger partial charge in [-0.25, -0.2) is 19.6 Å². The van der Waals surface area contributed by atoms with E-state index in [2.05, 4.69) is 36.5 Å². The van der Waals surface area contributed by atoms with Gasteiger partial charge in [-0.1, -0.05) is 5.92 Å². The van der Waals surface area contributed by atoms with E-state index >= 15 is 0 Å². The third-order valence-corrected chi connectivity index (χ3v) is 8.49. The zero-order valence-corrected chi connectivity index (χ0v) is 34.6. The van der Waals surface area contributed by atoms with Gasteiger partial charge < -0.3 is 44.8 Å². The molecule has 0 saturated heterocycles. The Morgan fingerprint density at radius 3 is 2.12 bits per heavy atom. The lowest BCUT2D eigenvalue weighted by atomic mass is 9.84. The Kier molecular flexibility index (Phi) is 19.2. The molecule has 1 atom stereocenters. The molecule has 0 spiro atoms. The summed E-state index contributed by atoms with van der Waals surface area (Å²) in [5, 5.41) is 5.58. The van der Waals surface area contributed by atoms with E-state index in [0.29, 0.717) is 71.0 Å². The molecule has 0 radical (unpaired) electrons. The molecule has 3 rings (SSSR count). The first-order chi connectivity index (χ1) is 27.5. The molecule has 2 aromatic rings. The first-order valence-corrected chi connectivity index (χ1v) is 19.5. The normalized spacial score (nSPS) is 16.2. The third-order valence-electron chi connectivity index (χ3n) is 8.49. The summed E-state index contributed by atoms with van der Waals surface area (Å²) >= 11 is 0. The fourth-order valence-corrected chi connectivity index (χ4v) is 5.86. The van der Waals surface area contributed by atoms with E-state index < -0.39 is 40.8 Å². The third kappa shape index (κ3) is 17.7. The number of rotatable bonds is 22. The van der Waals surface area contributed by atoms with Crippen molar-refractivity contribution in [1.29, 1.82) is 0 Å². The van der Waals surface area contributed by atoms with Crippen LogP contribution in [-0.4, -0.2) is 131 Å². The molecule has 19 nitrogen and oxygen atoms in total. The summed E-state index contributed by atoms with van der Waals surface area (Å²) in [5.74, 6) is 0.532. The maximum Gasteiger partial charge on any atom is 0.410 e. The van der Waals surface area contributed by atoms with Crippen molar-refractivity contribution < 1.29 is 47.6 Å². The summed E-state index contributed by atoms with van der Waals surface area (Å²) in [6, 6.07) is -1.38. The van der Waals surface area contributed by atoms with E-state index in [0.717, 1.165) is 0 Å². The van der Waals surface area contributed by atoms with E-state index in [1.165, 1.54) is 11.1 Å². The predicted octanol–water partition coefficient (Wildman–Crippen LogP) is 2.01. The molecule has 58 heavy (non-hydrogen) atoms. The average Bonchev–Trinajstić information content (AvgIpc) is 3.14. The van der Waals surface area contributed by atoms with E-state index in [-0.39, 0.29) is 74.1 Å². The number of nitrogen functional groups attached to an aromatic ring is 1. The summed E-state index contributed by atoms with van der Waals surface area (Å²) in [6.07, 6.45) is 7.66. The molecule has 1 fully saturated rings. The largest absolute Gasteiger partial charge is 0.458 e. The number of ether oxygens (including phenoxy) is 6. The number of H-pyrrole nitrogens is 1. The first kappa shape index (κ1) is 47.5. The number of aromatic nitrogens is 4. The van der Waals surface area contributed by atoms with Crippen molar-refractivity contribution in [3.05, 3.63) is 22.2 Å². The molecule has 2 heterocycles. The Morgan fingerprint density at radius 1 is 0.914 bits per heavy atom. The number of hydrogen-bond donors (Lipinski definition) is 4. The highest BCUT2D eigenvalue weighted by Crippen LogP contribution is 2.30. The van der Waals surface area contributed by atoms with Gasteiger partial charge in [-0.05, 0) is 73.6 Å². The van der Waals surface area contributed by atoms with Crippen LogP contribution in [0.25, 0.3) is 11.2 Å². The number of aromatic amines is 1. The van der Waals surface area contributed by atoms with Crippen molar-refractivity contribution in [1.82, 2.24) is 35.5 Å². The molecule has 3 amide bonds. The summed E-state index contributed by atoms with van der Waals surface area (Å²) in [7, 11) is 0. The van der Waals surface area contributed by atoms with Crippen LogP contribution in [0.1, 0.15) is 85.8 Å². The summed E-state index contributed by atoms with van der Waals surface area (Å²) in [6.45, 7) is 13.6. The Balaban J connectivity index is 1.50. The lowest BCUT2D eigenvalue weighted by molar-refractivity contribution is -0.159. The fraction of sp³-hybridized carbons (Fsp3) is 0.692. The van der Waals surface area contributed by atoms with E-state index in [1.54, 1.807) is 41.5 Å². The monoisotopic (exact) mass is 816 g/mol. The molecule has 1 saturated carbocycles. The minimum atomic E-state index is -1.05. The van der Waals surface area contributed by atoms with Gasteiger partial charge in [0.25, 0.3) is 5.56 Å². The fourth-order valence-electron chi connectivity index (χ4n) is 5.86. The SMILES string of the molecule is C#CCOCCOCCOCCOCCNC(=O)CC[C@H](NC(=O)C1CCC(N(Cc2cnc3nc(N)[nH]c(=O)c3n2)C(=O)OC(C)(C)C)CC1)C(=O)OC(C)(C)C. The second kappa shape index (κ2) is 23.5. The Hall–Kier alpha value is -4.90. The van der Waals surface area contributed by atoms with Crippen molar-refractivity contribution in [2.45, 2.75) is 110 Å². The zero-order chi connectivity index (χ0) is 42.7. The van der Waals surface area contributed by atoms with Gasteiger partial charge >= 0.3 is 12.1 Å². The lowest BCUT2D eigenvalue weighted by Gasteiger charge is -2.37. The number of esters is 1. The summed E-state index contributed by atoms with van der Waals surface area (Å²) < 4.78 is 32.7. The molecule has 0 aromatic carbocycles. The van der Waals surface area contributed by atoms with E-state index in [1.807, 2.05) is 0 Å². The van der Waals surface area contributed by atoms with Gasteiger partial charge in [0.05, 0.1) is 64.7 Å². The van der Waals surface area contributed by atoms with Crippen molar-refractivity contribution >= 4 is 41.0 Å². The number of carbonyl (C=O) groups excluding carboxylic acids is 4. The van der Waals surface area contributed by atoms with Gasteiger partial charge in [0.1, 0.15) is 23.9 Å². The van der Waals surface area contributed by atoms with Crippen LogP contribution in [0, 0.1) is 18.3 Å². The molecule has 2 aromatic heterocycles. The smallest absolute Gasteiger partial charge is 0.410 e.